The average molecular weight is 264 g/mol. The first-order chi connectivity index (χ1) is 9.83. The van der Waals surface area contributed by atoms with E-state index in [0.717, 1.165) is 22.8 Å². The molecule has 4 nitrogen and oxygen atoms in total. The second-order valence-corrected chi connectivity index (χ2v) is 4.68. The number of H-pyrrole nitrogens is 1. The molecule has 0 fully saturated rings. The van der Waals surface area contributed by atoms with Crippen molar-refractivity contribution in [1.29, 1.82) is 0 Å². The van der Waals surface area contributed by atoms with Crippen LogP contribution in [0.15, 0.2) is 60.9 Å². The predicted octanol–water partition coefficient (Wildman–Crippen LogP) is 2.71. The van der Waals surface area contributed by atoms with Gasteiger partial charge in [-0.2, -0.15) is 0 Å². The minimum Gasteiger partial charge on any atom is -0.341 e. The molecule has 0 saturated carbocycles. The lowest BCUT2D eigenvalue weighted by Gasteiger charge is -2.09. The van der Waals surface area contributed by atoms with Gasteiger partial charge in [0, 0.05) is 18.7 Å². The first kappa shape index (κ1) is 12.6. The molecular formula is C16H16N4. The lowest BCUT2D eigenvalue weighted by atomic mass is 10.0. The summed E-state index contributed by atoms with van der Waals surface area (Å²) in [6.45, 7) is 0. The Labute approximate surface area is 117 Å². The Morgan fingerprint density at radius 3 is 2.55 bits per heavy atom. The Hall–Kier alpha value is -2.46. The van der Waals surface area contributed by atoms with Crippen molar-refractivity contribution < 1.29 is 0 Å². The van der Waals surface area contributed by atoms with Crippen LogP contribution in [-0.4, -0.2) is 15.0 Å². The highest BCUT2D eigenvalue weighted by atomic mass is 14.9. The number of benzene rings is 1. The second kappa shape index (κ2) is 5.67. The lowest BCUT2D eigenvalue weighted by molar-refractivity contribution is 0.695. The molecule has 0 bridgehead atoms. The summed E-state index contributed by atoms with van der Waals surface area (Å²) in [7, 11) is 0. The van der Waals surface area contributed by atoms with Crippen LogP contribution in [0.2, 0.25) is 0 Å². The van der Waals surface area contributed by atoms with Crippen molar-refractivity contribution in [3.8, 4) is 11.4 Å². The molecule has 100 valence electrons. The molecule has 1 aromatic carbocycles. The van der Waals surface area contributed by atoms with Crippen LogP contribution >= 0.6 is 0 Å². The van der Waals surface area contributed by atoms with Gasteiger partial charge in [-0.05, 0) is 17.7 Å². The van der Waals surface area contributed by atoms with Gasteiger partial charge in [-0.3, -0.25) is 4.98 Å². The Morgan fingerprint density at radius 1 is 1.00 bits per heavy atom. The minimum atomic E-state index is -0.0565. The quantitative estimate of drug-likeness (QED) is 0.761. The largest absolute Gasteiger partial charge is 0.341 e. The normalized spacial score (nSPS) is 12.2. The Bertz CT molecular complexity index is 661. The van der Waals surface area contributed by atoms with Gasteiger partial charge in [0.05, 0.1) is 17.6 Å². The third kappa shape index (κ3) is 2.75. The standard InChI is InChI=1S/C16H16N4/c17-13(12-6-2-1-3-7-12)10-16-19-11-15(20-16)14-8-4-5-9-18-14/h1-9,11,13H,10,17H2,(H,19,20). The number of nitrogens with two attached hydrogens (primary N) is 1. The molecule has 0 aliphatic heterocycles. The van der Waals surface area contributed by atoms with Crippen molar-refractivity contribution in [3.63, 3.8) is 0 Å². The van der Waals surface area contributed by atoms with Gasteiger partial charge in [0.1, 0.15) is 5.82 Å². The molecule has 0 radical (unpaired) electrons. The molecular weight excluding hydrogens is 248 g/mol. The van der Waals surface area contributed by atoms with Crippen molar-refractivity contribution in [1.82, 2.24) is 15.0 Å². The molecule has 4 heteroatoms. The predicted molar refractivity (Wildman–Crippen MR) is 78.9 cm³/mol. The molecule has 1 atom stereocenters. The van der Waals surface area contributed by atoms with E-state index in [9.17, 15) is 0 Å². The van der Waals surface area contributed by atoms with E-state index in [0.29, 0.717) is 6.42 Å². The first-order valence-electron chi connectivity index (χ1n) is 6.59. The van der Waals surface area contributed by atoms with Gasteiger partial charge in [-0.25, -0.2) is 4.98 Å². The summed E-state index contributed by atoms with van der Waals surface area (Å²) in [4.78, 5) is 12.0. The maximum Gasteiger partial charge on any atom is 0.108 e. The number of nitrogens with one attached hydrogen (secondary N) is 1. The highest BCUT2D eigenvalue weighted by Crippen LogP contribution is 2.17. The third-order valence-electron chi connectivity index (χ3n) is 3.21. The topological polar surface area (TPSA) is 67.6 Å². The van der Waals surface area contributed by atoms with Crippen molar-refractivity contribution in [2.75, 3.05) is 0 Å². The molecule has 0 aliphatic carbocycles. The Balaban J connectivity index is 1.75. The van der Waals surface area contributed by atoms with Crippen LogP contribution in [-0.2, 0) is 6.42 Å². The van der Waals surface area contributed by atoms with E-state index in [1.807, 2.05) is 48.5 Å². The zero-order valence-electron chi connectivity index (χ0n) is 11.0. The van der Waals surface area contributed by atoms with Crippen LogP contribution in [0.3, 0.4) is 0 Å². The van der Waals surface area contributed by atoms with Crippen molar-refractivity contribution in [2.45, 2.75) is 12.5 Å². The number of imidazole rings is 1. The van der Waals surface area contributed by atoms with Gasteiger partial charge in [0.2, 0.25) is 0 Å². The molecule has 0 amide bonds. The maximum atomic E-state index is 6.20. The fraction of sp³-hybridized carbons (Fsp3) is 0.125. The summed E-state index contributed by atoms with van der Waals surface area (Å²) in [6, 6.07) is 15.8. The van der Waals surface area contributed by atoms with Gasteiger partial charge in [0.25, 0.3) is 0 Å². The smallest absolute Gasteiger partial charge is 0.108 e. The average Bonchev–Trinajstić information content (AvgIpc) is 2.97. The first-order valence-corrected chi connectivity index (χ1v) is 6.59. The van der Waals surface area contributed by atoms with Crippen molar-refractivity contribution in [2.24, 2.45) is 5.73 Å². The van der Waals surface area contributed by atoms with E-state index in [-0.39, 0.29) is 6.04 Å². The number of aromatic nitrogens is 3. The Kier molecular flexibility index (Phi) is 3.56. The number of pyridine rings is 1. The monoisotopic (exact) mass is 264 g/mol. The highest BCUT2D eigenvalue weighted by Gasteiger charge is 2.10. The molecule has 2 heterocycles. The zero-order chi connectivity index (χ0) is 13.8. The fourth-order valence-electron chi connectivity index (χ4n) is 2.14. The molecule has 1 unspecified atom stereocenters. The van der Waals surface area contributed by atoms with Crippen LogP contribution in [0.1, 0.15) is 17.4 Å². The number of aromatic amines is 1. The van der Waals surface area contributed by atoms with E-state index in [2.05, 4.69) is 15.0 Å². The number of hydrogen-bond acceptors (Lipinski definition) is 3. The molecule has 3 N–H and O–H groups in total. The summed E-state index contributed by atoms with van der Waals surface area (Å²) in [5.41, 5.74) is 9.12. The molecule has 0 spiro atoms. The van der Waals surface area contributed by atoms with E-state index in [1.54, 1.807) is 12.4 Å². The van der Waals surface area contributed by atoms with E-state index >= 15 is 0 Å². The number of nitrogens with zero attached hydrogens (tertiary/aromatic N) is 2. The molecule has 2 aromatic heterocycles. The summed E-state index contributed by atoms with van der Waals surface area (Å²) < 4.78 is 0. The number of hydrogen-bond donors (Lipinski definition) is 2. The summed E-state index contributed by atoms with van der Waals surface area (Å²) in [6.07, 6.45) is 4.25. The summed E-state index contributed by atoms with van der Waals surface area (Å²) >= 11 is 0. The molecule has 0 aliphatic rings. The molecule has 3 aromatic rings. The van der Waals surface area contributed by atoms with Gasteiger partial charge in [0.15, 0.2) is 0 Å². The molecule has 3 rings (SSSR count). The van der Waals surface area contributed by atoms with E-state index < -0.39 is 0 Å². The van der Waals surface area contributed by atoms with Gasteiger partial charge in [-0.15, -0.1) is 0 Å². The maximum absolute atomic E-state index is 6.20. The second-order valence-electron chi connectivity index (χ2n) is 4.68. The highest BCUT2D eigenvalue weighted by molar-refractivity contribution is 5.52. The molecule has 0 saturated heterocycles. The van der Waals surface area contributed by atoms with E-state index in [4.69, 9.17) is 5.73 Å². The van der Waals surface area contributed by atoms with Gasteiger partial charge in [-0.1, -0.05) is 36.4 Å². The van der Waals surface area contributed by atoms with Crippen molar-refractivity contribution in [3.05, 3.63) is 72.3 Å². The lowest BCUT2D eigenvalue weighted by Crippen LogP contribution is -2.13. The number of rotatable bonds is 4. The molecule has 20 heavy (non-hydrogen) atoms. The zero-order valence-corrected chi connectivity index (χ0v) is 11.0. The van der Waals surface area contributed by atoms with E-state index in [1.165, 1.54) is 0 Å². The van der Waals surface area contributed by atoms with Crippen LogP contribution in [0.25, 0.3) is 11.4 Å². The SMILES string of the molecule is NC(Cc1ncc(-c2ccccn2)[nH]1)c1ccccc1. The minimum absolute atomic E-state index is 0.0565. The van der Waals surface area contributed by atoms with Crippen molar-refractivity contribution >= 4 is 0 Å². The van der Waals surface area contributed by atoms with Gasteiger partial charge >= 0.3 is 0 Å². The summed E-state index contributed by atoms with van der Waals surface area (Å²) in [5, 5.41) is 0. The van der Waals surface area contributed by atoms with Crippen LogP contribution < -0.4 is 5.73 Å². The van der Waals surface area contributed by atoms with Gasteiger partial charge < -0.3 is 10.7 Å². The summed E-state index contributed by atoms with van der Waals surface area (Å²) in [5.74, 6) is 0.877. The Morgan fingerprint density at radius 2 is 1.80 bits per heavy atom. The van der Waals surface area contributed by atoms with Crippen LogP contribution in [0, 0.1) is 0 Å². The van der Waals surface area contributed by atoms with Crippen LogP contribution in [0.5, 0.6) is 0 Å². The fourth-order valence-corrected chi connectivity index (χ4v) is 2.14. The third-order valence-corrected chi connectivity index (χ3v) is 3.21. The van der Waals surface area contributed by atoms with Crippen LogP contribution in [0.4, 0.5) is 0 Å².